The number of rotatable bonds is 7. The largest absolute Gasteiger partial charge is 0.394 e. The average Bonchev–Trinajstić information content (AvgIpc) is 2.50. The van der Waals surface area contributed by atoms with Crippen molar-refractivity contribution in [2.24, 2.45) is 0 Å². The van der Waals surface area contributed by atoms with Crippen LogP contribution in [0, 0.1) is 0 Å². The van der Waals surface area contributed by atoms with Crippen LogP contribution in [0.3, 0.4) is 0 Å². The maximum atomic E-state index is 11.4. The van der Waals surface area contributed by atoms with Crippen molar-refractivity contribution >= 4 is 5.78 Å². The Hall–Kier alpha value is -0.690. The molecule has 0 aliphatic carbocycles. The van der Waals surface area contributed by atoms with Crippen molar-refractivity contribution in [2.45, 2.75) is 42.9 Å². The van der Waals surface area contributed by atoms with Gasteiger partial charge in [-0.2, -0.15) is 0 Å². The molecule has 0 aromatic heterocycles. The highest BCUT2D eigenvalue weighted by Crippen LogP contribution is 2.23. The molecule has 1 aliphatic rings. The van der Waals surface area contributed by atoms with Crippen LogP contribution < -0.4 is 0 Å². The molecule has 124 valence electrons. The van der Waals surface area contributed by atoms with Crippen molar-refractivity contribution in [3.05, 3.63) is 0 Å². The minimum absolute atomic E-state index is 0.689. The second kappa shape index (κ2) is 8.08. The van der Waals surface area contributed by atoms with E-state index >= 15 is 0 Å². The Balaban J connectivity index is 2.84. The molecule has 1 aliphatic heterocycles. The van der Waals surface area contributed by atoms with Crippen LogP contribution in [-0.4, -0.2) is 104 Å². The van der Waals surface area contributed by atoms with E-state index in [1.165, 1.54) is 0 Å². The van der Waals surface area contributed by atoms with Crippen LogP contribution in [0.25, 0.3) is 0 Å². The zero-order valence-corrected chi connectivity index (χ0v) is 11.0. The summed E-state index contributed by atoms with van der Waals surface area (Å²) in [7, 11) is 0. The van der Waals surface area contributed by atoms with Gasteiger partial charge < -0.3 is 45.2 Å². The summed E-state index contributed by atoms with van der Waals surface area (Å²) in [5.74, 6) is -0.978. The third-order valence-electron chi connectivity index (χ3n) is 3.14. The Kier molecular flexibility index (Phi) is 7.06. The lowest BCUT2D eigenvalue weighted by Crippen LogP contribution is -2.60. The van der Waals surface area contributed by atoms with Crippen molar-refractivity contribution in [3.63, 3.8) is 0 Å². The van der Waals surface area contributed by atoms with Crippen molar-refractivity contribution in [3.8, 4) is 0 Å². The lowest BCUT2D eigenvalue weighted by molar-refractivity contribution is -0.314. The smallest absolute Gasteiger partial charge is 0.189 e. The van der Waals surface area contributed by atoms with E-state index < -0.39 is 68.5 Å². The van der Waals surface area contributed by atoms with Gasteiger partial charge in [-0.1, -0.05) is 0 Å². The molecule has 1 heterocycles. The number of hydrogen-bond acceptors (Lipinski definition) is 10. The first-order chi connectivity index (χ1) is 9.87. The van der Waals surface area contributed by atoms with E-state index in [2.05, 4.69) is 0 Å². The standard InChI is InChI=1S/C11H20O10/c12-1-4(15)10(5(16)2-13)21-11-9(19)8(18)7(17)6(3-14)20-11/h4,6-15,17-19H,1-3H2/t4-,6-,7+,8+,9-,10+,11?/m1/s1. The van der Waals surface area contributed by atoms with Crippen LogP contribution in [0.15, 0.2) is 0 Å². The highest BCUT2D eigenvalue weighted by molar-refractivity contribution is 5.84. The van der Waals surface area contributed by atoms with Crippen LogP contribution in [0.1, 0.15) is 0 Å². The molecule has 1 fully saturated rings. The molecule has 10 nitrogen and oxygen atoms in total. The van der Waals surface area contributed by atoms with E-state index in [9.17, 15) is 25.2 Å². The molecular weight excluding hydrogens is 292 g/mol. The first-order valence-electron chi connectivity index (χ1n) is 6.25. The van der Waals surface area contributed by atoms with Gasteiger partial charge in [-0.25, -0.2) is 0 Å². The number of aliphatic hydroxyl groups is 7. The van der Waals surface area contributed by atoms with E-state index in [0.717, 1.165) is 0 Å². The van der Waals surface area contributed by atoms with Crippen LogP contribution in [0.5, 0.6) is 0 Å². The monoisotopic (exact) mass is 312 g/mol. The van der Waals surface area contributed by atoms with E-state index in [1.807, 2.05) is 0 Å². The number of carbonyl (C=O) groups excluding carboxylic acids is 1. The predicted molar refractivity (Wildman–Crippen MR) is 63.8 cm³/mol. The van der Waals surface area contributed by atoms with E-state index in [1.54, 1.807) is 0 Å². The maximum Gasteiger partial charge on any atom is 0.189 e. The third kappa shape index (κ3) is 4.16. The highest BCUT2D eigenvalue weighted by atomic mass is 16.7. The number of carbonyl (C=O) groups is 1. The lowest BCUT2D eigenvalue weighted by atomic mass is 9.99. The van der Waals surface area contributed by atoms with E-state index in [0.29, 0.717) is 0 Å². The molecule has 1 unspecified atom stereocenters. The van der Waals surface area contributed by atoms with Crippen LogP contribution in [0.2, 0.25) is 0 Å². The third-order valence-corrected chi connectivity index (χ3v) is 3.14. The number of Topliss-reactive ketones (excluding diaryl/α,β-unsaturated/α-hetero) is 1. The molecule has 0 spiro atoms. The first kappa shape index (κ1) is 18.4. The van der Waals surface area contributed by atoms with Gasteiger partial charge in [-0.3, -0.25) is 4.79 Å². The molecule has 0 amide bonds. The minimum Gasteiger partial charge on any atom is -0.394 e. The average molecular weight is 312 g/mol. The van der Waals surface area contributed by atoms with Gasteiger partial charge in [0.1, 0.15) is 43.2 Å². The highest BCUT2D eigenvalue weighted by Gasteiger charge is 2.46. The Labute approximate surface area is 119 Å². The second-order valence-electron chi connectivity index (χ2n) is 4.63. The minimum atomic E-state index is -1.76. The van der Waals surface area contributed by atoms with Gasteiger partial charge in [0.25, 0.3) is 0 Å². The summed E-state index contributed by atoms with van der Waals surface area (Å²) in [5.41, 5.74) is 0. The first-order valence-corrected chi connectivity index (χ1v) is 6.25. The molecule has 0 radical (unpaired) electrons. The van der Waals surface area contributed by atoms with Gasteiger partial charge >= 0.3 is 0 Å². The Morgan fingerprint density at radius 1 is 1.10 bits per heavy atom. The molecule has 0 saturated carbocycles. The van der Waals surface area contributed by atoms with E-state index in [4.69, 9.17) is 24.8 Å². The lowest BCUT2D eigenvalue weighted by Gasteiger charge is -2.40. The fraction of sp³-hybridized carbons (Fsp3) is 0.909. The molecule has 7 N–H and O–H groups in total. The molecular formula is C11H20O10. The van der Waals surface area contributed by atoms with Crippen molar-refractivity contribution in [1.29, 1.82) is 0 Å². The fourth-order valence-corrected chi connectivity index (χ4v) is 1.89. The van der Waals surface area contributed by atoms with Crippen molar-refractivity contribution < 1.29 is 50.0 Å². The normalized spacial score (nSPS) is 36.2. The molecule has 0 bridgehead atoms. The number of hydrogen-bond donors (Lipinski definition) is 7. The summed E-state index contributed by atoms with van der Waals surface area (Å²) in [6, 6.07) is 0. The molecule has 0 aromatic rings. The van der Waals surface area contributed by atoms with Gasteiger partial charge in [0.15, 0.2) is 12.1 Å². The summed E-state index contributed by atoms with van der Waals surface area (Å²) in [4.78, 5) is 11.4. The quantitative estimate of drug-likeness (QED) is 0.241. The molecule has 1 saturated heterocycles. The Bertz CT molecular complexity index is 335. The summed E-state index contributed by atoms with van der Waals surface area (Å²) >= 11 is 0. The summed E-state index contributed by atoms with van der Waals surface area (Å²) < 4.78 is 9.98. The van der Waals surface area contributed by atoms with Gasteiger partial charge in [-0.15, -0.1) is 0 Å². The molecule has 1 rings (SSSR count). The van der Waals surface area contributed by atoms with E-state index in [-0.39, 0.29) is 0 Å². The van der Waals surface area contributed by atoms with Gasteiger partial charge in [0.2, 0.25) is 0 Å². The predicted octanol–water partition coefficient (Wildman–Crippen LogP) is -4.91. The summed E-state index contributed by atoms with van der Waals surface area (Å²) in [6.45, 7) is -2.53. The van der Waals surface area contributed by atoms with Crippen molar-refractivity contribution in [1.82, 2.24) is 0 Å². The zero-order valence-electron chi connectivity index (χ0n) is 11.0. The van der Waals surface area contributed by atoms with Gasteiger partial charge in [0, 0.05) is 0 Å². The second-order valence-corrected chi connectivity index (χ2v) is 4.63. The van der Waals surface area contributed by atoms with Crippen LogP contribution in [0.4, 0.5) is 0 Å². The van der Waals surface area contributed by atoms with Crippen molar-refractivity contribution in [2.75, 3.05) is 19.8 Å². The number of aliphatic hydroxyl groups excluding tert-OH is 7. The molecule has 7 atom stereocenters. The SMILES string of the molecule is O=C(CO)[C@@H](OC1O[C@H](CO)[C@H](O)[C@H](O)[C@H]1O)[C@H](O)CO. The molecule has 21 heavy (non-hydrogen) atoms. The summed E-state index contributed by atoms with van der Waals surface area (Å²) in [6.07, 6.45) is -11.4. The fourth-order valence-electron chi connectivity index (χ4n) is 1.89. The van der Waals surface area contributed by atoms with Gasteiger partial charge in [0.05, 0.1) is 13.2 Å². The topological polar surface area (TPSA) is 177 Å². The van der Waals surface area contributed by atoms with Crippen LogP contribution in [-0.2, 0) is 14.3 Å². The number of ether oxygens (including phenoxy) is 2. The van der Waals surface area contributed by atoms with Gasteiger partial charge in [-0.05, 0) is 0 Å². The molecule has 10 heteroatoms. The Morgan fingerprint density at radius 2 is 1.71 bits per heavy atom. The summed E-state index contributed by atoms with van der Waals surface area (Å²) in [5, 5.41) is 64.9. The Morgan fingerprint density at radius 3 is 2.19 bits per heavy atom. The maximum absolute atomic E-state index is 11.4. The number of ketones is 1. The van der Waals surface area contributed by atoms with Crippen LogP contribution >= 0.6 is 0 Å². The molecule has 0 aromatic carbocycles. The zero-order chi connectivity index (χ0) is 16.2.